The molecular weight excluding hydrogens is 177 g/mol. The van der Waals surface area contributed by atoms with Crippen LogP contribution < -0.4 is 4.90 Å². The summed E-state index contributed by atoms with van der Waals surface area (Å²) in [7, 11) is 0. The van der Waals surface area contributed by atoms with Gasteiger partial charge in [-0.2, -0.15) is 0 Å². The third-order valence-electron chi connectivity index (χ3n) is 1.96. The van der Waals surface area contributed by atoms with Gasteiger partial charge < -0.3 is 4.90 Å². The van der Waals surface area contributed by atoms with E-state index in [1.165, 1.54) is 0 Å². The van der Waals surface area contributed by atoms with Crippen molar-refractivity contribution in [3.05, 3.63) is 5.01 Å². The molecule has 0 aromatic carbocycles. The highest BCUT2D eigenvalue weighted by Crippen LogP contribution is 2.27. The third kappa shape index (κ3) is 1.29. The van der Waals surface area contributed by atoms with Crippen LogP contribution in [0.25, 0.3) is 0 Å². The fourth-order valence-electron chi connectivity index (χ4n) is 1.24. The Morgan fingerprint density at radius 3 is 2.83 bits per heavy atom. The van der Waals surface area contributed by atoms with Gasteiger partial charge in [-0.25, -0.2) is 0 Å². The molecule has 1 aliphatic rings. The van der Waals surface area contributed by atoms with Crippen LogP contribution in [-0.2, 0) is 0 Å². The van der Waals surface area contributed by atoms with Gasteiger partial charge in [0.1, 0.15) is 5.01 Å². The van der Waals surface area contributed by atoms with E-state index in [0.717, 1.165) is 23.2 Å². The topological polar surface area (TPSA) is 29.0 Å². The summed E-state index contributed by atoms with van der Waals surface area (Å²) in [5.74, 6) is 0.217. The molecule has 1 aromatic rings. The molecule has 12 heavy (non-hydrogen) atoms. The van der Waals surface area contributed by atoms with Gasteiger partial charge in [-0.1, -0.05) is 11.3 Å². The Balaban J connectivity index is 1.96. The SMILES string of the molecule is Cc1nnc(N2CC(CF)C2)s1. The lowest BCUT2D eigenvalue weighted by atomic mass is 10.0. The Bertz CT molecular complexity index is 269. The van der Waals surface area contributed by atoms with Crippen molar-refractivity contribution in [2.75, 3.05) is 24.7 Å². The summed E-state index contributed by atoms with van der Waals surface area (Å²) in [6.45, 7) is 3.30. The molecule has 5 heteroatoms. The van der Waals surface area contributed by atoms with Crippen LogP contribution in [0.3, 0.4) is 0 Å². The normalized spacial score (nSPS) is 18.0. The predicted molar refractivity (Wildman–Crippen MR) is 46.3 cm³/mol. The van der Waals surface area contributed by atoms with Crippen molar-refractivity contribution in [3.63, 3.8) is 0 Å². The second-order valence-electron chi connectivity index (χ2n) is 3.03. The average molecular weight is 187 g/mol. The zero-order chi connectivity index (χ0) is 8.55. The molecule has 0 unspecified atom stereocenters. The fourth-order valence-corrected chi connectivity index (χ4v) is 1.94. The summed E-state index contributed by atoms with van der Waals surface area (Å²) in [5.41, 5.74) is 0. The summed E-state index contributed by atoms with van der Waals surface area (Å²) >= 11 is 1.57. The fraction of sp³-hybridized carbons (Fsp3) is 0.714. The van der Waals surface area contributed by atoms with E-state index >= 15 is 0 Å². The molecule has 2 heterocycles. The molecule has 1 aromatic heterocycles. The Morgan fingerprint density at radius 1 is 1.58 bits per heavy atom. The van der Waals surface area contributed by atoms with Gasteiger partial charge in [0.05, 0.1) is 6.67 Å². The maximum atomic E-state index is 12.1. The average Bonchev–Trinajstić information content (AvgIpc) is 2.34. The molecule has 0 spiro atoms. The Hall–Kier alpha value is -0.710. The van der Waals surface area contributed by atoms with Gasteiger partial charge in [0, 0.05) is 19.0 Å². The molecule has 0 radical (unpaired) electrons. The van der Waals surface area contributed by atoms with Crippen molar-refractivity contribution in [1.29, 1.82) is 0 Å². The molecule has 2 rings (SSSR count). The van der Waals surface area contributed by atoms with Crippen molar-refractivity contribution in [2.24, 2.45) is 5.92 Å². The molecule has 0 amide bonds. The van der Waals surface area contributed by atoms with Gasteiger partial charge in [0.15, 0.2) is 0 Å². The van der Waals surface area contributed by atoms with Gasteiger partial charge >= 0.3 is 0 Å². The standard InChI is InChI=1S/C7H10FN3S/c1-5-9-10-7(12-5)11-3-6(2-8)4-11/h6H,2-4H2,1H3. The lowest BCUT2D eigenvalue weighted by Gasteiger charge is -2.37. The van der Waals surface area contributed by atoms with Crippen LogP contribution >= 0.6 is 11.3 Å². The molecule has 1 aliphatic heterocycles. The van der Waals surface area contributed by atoms with Gasteiger partial charge in [-0.3, -0.25) is 4.39 Å². The Kier molecular flexibility index (Phi) is 1.96. The first kappa shape index (κ1) is 7.91. The van der Waals surface area contributed by atoms with Crippen LogP contribution in [0, 0.1) is 12.8 Å². The van der Waals surface area contributed by atoms with Gasteiger partial charge in [0.2, 0.25) is 5.13 Å². The molecule has 0 bridgehead atoms. The molecule has 0 atom stereocenters. The van der Waals surface area contributed by atoms with E-state index in [-0.39, 0.29) is 12.6 Å². The van der Waals surface area contributed by atoms with Gasteiger partial charge in [0.25, 0.3) is 0 Å². The molecule has 1 saturated heterocycles. The van der Waals surface area contributed by atoms with Crippen LogP contribution in [0.4, 0.5) is 9.52 Å². The molecule has 66 valence electrons. The highest BCUT2D eigenvalue weighted by molar-refractivity contribution is 7.15. The lowest BCUT2D eigenvalue weighted by molar-refractivity contribution is 0.306. The second kappa shape index (κ2) is 2.97. The van der Waals surface area contributed by atoms with Crippen LogP contribution in [0.2, 0.25) is 0 Å². The highest BCUT2D eigenvalue weighted by Gasteiger charge is 2.28. The minimum atomic E-state index is -0.214. The lowest BCUT2D eigenvalue weighted by Crippen LogP contribution is -2.47. The van der Waals surface area contributed by atoms with Crippen molar-refractivity contribution in [2.45, 2.75) is 6.92 Å². The summed E-state index contributed by atoms with van der Waals surface area (Å²) in [4.78, 5) is 2.06. The second-order valence-corrected chi connectivity index (χ2v) is 4.19. The molecule has 0 N–H and O–H groups in total. The molecule has 1 fully saturated rings. The van der Waals surface area contributed by atoms with E-state index < -0.39 is 0 Å². The minimum Gasteiger partial charge on any atom is -0.346 e. The van der Waals surface area contributed by atoms with Crippen LogP contribution in [0.5, 0.6) is 0 Å². The monoisotopic (exact) mass is 187 g/mol. The summed E-state index contributed by atoms with van der Waals surface area (Å²) < 4.78 is 12.1. The molecule has 3 nitrogen and oxygen atoms in total. The van der Waals surface area contributed by atoms with Crippen LogP contribution in [-0.4, -0.2) is 30.0 Å². The molecule has 0 aliphatic carbocycles. The van der Waals surface area contributed by atoms with Crippen molar-refractivity contribution in [1.82, 2.24) is 10.2 Å². The van der Waals surface area contributed by atoms with Gasteiger partial charge in [-0.05, 0) is 6.92 Å². The summed E-state index contributed by atoms with van der Waals surface area (Å²) in [6.07, 6.45) is 0. The summed E-state index contributed by atoms with van der Waals surface area (Å²) in [6, 6.07) is 0. The highest BCUT2D eigenvalue weighted by atomic mass is 32.1. The number of rotatable bonds is 2. The largest absolute Gasteiger partial charge is 0.346 e. The van der Waals surface area contributed by atoms with E-state index in [2.05, 4.69) is 15.1 Å². The maximum absolute atomic E-state index is 12.1. The van der Waals surface area contributed by atoms with Crippen molar-refractivity contribution >= 4 is 16.5 Å². The first-order valence-corrected chi connectivity index (χ1v) is 4.72. The van der Waals surface area contributed by atoms with E-state index in [1.807, 2.05) is 6.92 Å². The zero-order valence-corrected chi connectivity index (χ0v) is 7.64. The first-order valence-electron chi connectivity index (χ1n) is 3.90. The van der Waals surface area contributed by atoms with Crippen LogP contribution in [0.15, 0.2) is 0 Å². The van der Waals surface area contributed by atoms with Crippen molar-refractivity contribution in [3.8, 4) is 0 Å². The number of hydrogen-bond donors (Lipinski definition) is 0. The van der Waals surface area contributed by atoms with E-state index in [1.54, 1.807) is 11.3 Å². The number of nitrogens with zero attached hydrogens (tertiary/aromatic N) is 3. The number of hydrogen-bond acceptors (Lipinski definition) is 4. The van der Waals surface area contributed by atoms with Crippen molar-refractivity contribution < 1.29 is 4.39 Å². The number of aromatic nitrogens is 2. The Labute approximate surface area is 74.2 Å². The smallest absolute Gasteiger partial charge is 0.208 e. The van der Waals surface area contributed by atoms with E-state index in [4.69, 9.17) is 0 Å². The number of anilines is 1. The Morgan fingerprint density at radius 2 is 2.33 bits per heavy atom. The first-order chi connectivity index (χ1) is 5.79. The zero-order valence-electron chi connectivity index (χ0n) is 6.83. The summed E-state index contributed by atoms with van der Waals surface area (Å²) in [5, 5.41) is 9.78. The minimum absolute atomic E-state index is 0.214. The third-order valence-corrected chi connectivity index (χ3v) is 2.86. The molecule has 0 saturated carbocycles. The van der Waals surface area contributed by atoms with E-state index in [9.17, 15) is 4.39 Å². The number of aryl methyl sites for hydroxylation is 1. The van der Waals surface area contributed by atoms with Gasteiger partial charge in [-0.15, -0.1) is 10.2 Å². The van der Waals surface area contributed by atoms with Crippen LogP contribution in [0.1, 0.15) is 5.01 Å². The molecular formula is C7H10FN3S. The number of halogens is 1. The maximum Gasteiger partial charge on any atom is 0.208 e. The van der Waals surface area contributed by atoms with E-state index in [0.29, 0.717) is 0 Å². The number of alkyl halides is 1. The predicted octanol–water partition coefficient (Wildman–Crippen LogP) is 1.25. The quantitative estimate of drug-likeness (QED) is 0.697.